The molecular formula is C56H59F6N10O7P. The van der Waals surface area contributed by atoms with Crippen LogP contribution in [0.5, 0.6) is 0 Å². The topological polar surface area (TPSA) is 216 Å². The smallest absolute Gasteiger partial charge is 0.390 e. The predicted molar refractivity (Wildman–Crippen MR) is 287 cm³/mol. The van der Waals surface area contributed by atoms with Crippen LogP contribution in [0, 0.1) is 0 Å². The van der Waals surface area contributed by atoms with Gasteiger partial charge in [-0.1, -0.05) is 36.4 Å². The fourth-order valence-corrected chi connectivity index (χ4v) is 11.6. The minimum absolute atomic E-state index is 0.0894. The number of aromatic nitrogens is 4. The van der Waals surface area contributed by atoms with Crippen LogP contribution >= 0.6 is 8.25 Å². The van der Waals surface area contributed by atoms with Crippen LogP contribution in [0.3, 0.4) is 0 Å². The Kier molecular flexibility index (Phi) is 15.5. The molecule has 4 aromatic carbocycles. The Bertz CT molecular complexity index is 3130. The van der Waals surface area contributed by atoms with Crippen LogP contribution in [0.15, 0.2) is 85.2 Å². The second kappa shape index (κ2) is 22.1. The van der Waals surface area contributed by atoms with E-state index in [2.05, 4.69) is 41.2 Å². The van der Waals surface area contributed by atoms with Crippen molar-refractivity contribution >= 4 is 66.4 Å². The number of benzene rings is 4. The number of alkyl halides is 6. The highest BCUT2D eigenvalue weighted by atomic mass is 31.1. The number of amides is 2. The van der Waals surface area contributed by atoms with E-state index in [0.717, 1.165) is 22.3 Å². The fraction of sp³-hybridized carbons (Fsp3) is 0.393. The molecule has 2 saturated carbocycles. The van der Waals surface area contributed by atoms with Crippen LogP contribution in [0.1, 0.15) is 142 Å². The number of nitrogens with one attached hydrogen (secondary N) is 4. The standard InChI is InChI=1S/C56H59F6N10O7P/c1-53(75)21-17-33(18-22-53)37-13-15-43(45-39(37)27-71(3)49(45)73)67-47-41(55(57,58)59)25-63-51(69-47)65-35-9-5-31(6-10-35)29-78-80(77)79-30-32-7-11-36(12-8-32)66-52-64-26-42(56(60,61)62)48(70-52)68-44-16-14-38(34-19-23-54(2,76)24-20-34)40-28-72(4)50(74)46(40)44/h5-16,25-26,33-34,75-76,80H,17-24,27-30H2,1-4H3,(H2,63,65,67,69)(H2,64,66,68,70). The van der Waals surface area contributed by atoms with E-state index < -0.39 is 54.6 Å². The average molecular weight is 1130 g/mol. The second-order valence-corrected chi connectivity index (χ2v) is 22.7. The highest BCUT2D eigenvalue weighted by Crippen LogP contribution is 2.47. The summed E-state index contributed by atoms with van der Waals surface area (Å²) in [6.07, 6.45) is -3.12. The van der Waals surface area contributed by atoms with E-state index in [1.807, 2.05) is 12.1 Å². The van der Waals surface area contributed by atoms with E-state index in [1.165, 1.54) is 9.80 Å². The van der Waals surface area contributed by atoms with E-state index in [9.17, 15) is 50.7 Å². The lowest BCUT2D eigenvalue weighted by Crippen LogP contribution is -2.30. The van der Waals surface area contributed by atoms with Gasteiger partial charge in [0.25, 0.3) is 11.8 Å². The molecule has 6 N–H and O–H groups in total. The van der Waals surface area contributed by atoms with Gasteiger partial charge in [0.15, 0.2) is 0 Å². The van der Waals surface area contributed by atoms with Gasteiger partial charge >= 0.3 is 20.6 Å². The Labute approximate surface area is 457 Å². The molecule has 6 aromatic rings. The van der Waals surface area contributed by atoms with Crippen molar-refractivity contribution in [3.05, 3.63) is 141 Å². The number of hydrogen-bond acceptors (Lipinski definition) is 15. The molecular weight excluding hydrogens is 1070 g/mol. The van der Waals surface area contributed by atoms with Gasteiger partial charge in [-0.25, -0.2) is 9.97 Å². The average Bonchev–Trinajstić information content (AvgIpc) is 4.04. The number of fused-ring (bicyclic) bond motifs is 2. The van der Waals surface area contributed by atoms with Crippen molar-refractivity contribution < 1.29 is 59.8 Å². The first-order chi connectivity index (χ1) is 37.9. The molecule has 0 saturated heterocycles. The molecule has 2 fully saturated rings. The number of carbonyl (C=O) groups excluding carboxylic acids is 2. The number of hydrogen-bond donors (Lipinski definition) is 6. The summed E-state index contributed by atoms with van der Waals surface area (Å²) >= 11 is 0. The normalized spacial score (nSPS) is 21.6. The van der Waals surface area contributed by atoms with Gasteiger partial charge in [-0.3, -0.25) is 14.2 Å². The van der Waals surface area contributed by atoms with E-state index in [1.54, 1.807) is 88.6 Å². The summed E-state index contributed by atoms with van der Waals surface area (Å²) in [5, 5.41) is 32.4. The molecule has 0 unspecified atom stereocenters. The van der Waals surface area contributed by atoms with Gasteiger partial charge in [-0.2, -0.15) is 36.3 Å². The maximum atomic E-state index is 14.3. The zero-order chi connectivity index (χ0) is 56.9. The van der Waals surface area contributed by atoms with Crippen LogP contribution in [0.25, 0.3) is 0 Å². The largest absolute Gasteiger partial charge is 0.421 e. The van der Waals surface area contributed by atoms with E-state index >= 15 is 0 Å². The molecule has 2 aliphatic heterocycles. The zero-order valence-corrected chi connectivity index (χ0v) is 45.1. The molecule has 0 bridgehead atoms. The lowest BCUT2D eigenvalue weighted by molar-refractivity contribution is -0.138. The lowest BCUT2D eigenvalue weighted by Gasteiger charge is -2.34. The Morgan fingerprint density at radius 1 is 0.588 bits per heavy atom. The van der Waals surface area contributed by atoms with Crippen LogP contribution in [-0.4, -0.2) is 77.1 Å². The van der Waals surface area contributed by atoms with Crippen LogP contribution in [0.2, 0.25) is 0 Å². The molecule has 422 valence electrons. The molecule has 0 radical (unpaired) electrons. The third-order valence-electron chi connectivity index (χ3n) is 15.4. The Morgan fingerprint density at radius 2 is 0.950 bits per heavy atom. The third kappa shape index (κ3) is 12.4. The zero-order valence-electron chi connectivity index (χ0n) is 44.1. The van der Waals surface area contributed by atoms with Crippen molar-refractivity contribution in [2.45, 2.75) is 127 Å². The molecule has 0 spiro atoms. The van der Waals surface area contributed by atoms with Crippen molar-refractivity contribution in [1.29, 1.82) is 0 Å². The summed E-state index contributed by atoms with van der Waals surface area (Å²) in [4.78, 5) is 46.1. The monoisotopic (exact) mass is 1130 g/mol. The van der Waals surface area contributed by atoms with Crippen molar-refractivity contribution in [3.8, 4) is 0 Å². The number of anilines is 8. The summed E-state index contributed by atoms with van der Waals surface area (Å²) in [5.74, 6) is -1.91. The first kappa shape index (κ1) is 56.1. The highest BCUT2D eigenvalue weighted by Gasteiger charge is 2.41. The van der Waals surface area contributed by atoms with E-state index in [4.69, 9.17) is 9.05 Å². The molecule has 2 amide bonds. The fourth-order valence-electron chi connectivity index (χ4n) is 10.9. The molecule has 0 atom stereocenters. The second-order valence-electron chi connectivity index (χ2n) is 21.6. The minimum atomic E-state index is -4.83. The molecule has 80 heavy (non-hydrogen) atoms. The van der Waals surface area contributed by atoms with Crippen molar-refractivity contribution in [3.63, 3.8) is 0 Å². The van der Waals surface area contributed by atoms with Gasteiger partial charge in [-0.05, 0) is 147 Å². The maximum Gasteiger partial charge on any atom is 0.421 e. The van der Waals surface area contributed by atoms with Crippen molar-refractivity contribution in [2.75, 3.05) is 35.4 Å². The van der Waals surface area contributed by atoms with Crippen molar-refractivity contribution in [2.24, 2.45) is 0 Å². The van der Waals surface area contributed by atoms with Crippen LogP contribution in [-0.2, 0) is 52.3 Å². The van der Waals surface area contributed by atoms with Crippen LogP contribution < -0.4 is 21.3 Å². The van der Waals surface area contributed by atoms with Crippen LogP contribution in [0.4, 0.5) is 72.6 Å². The molecule has 2 aromatic heterocycles. The van der Waals surface area contributed by atoms with Gasteiger partial charge in [0.1, 0.15) is 22.8 Å². The summed E-state index contributed by atoms with van der Waals surface area (Å²) in [6, 6.07) is 19.9. The summed E-state index contributed by atoms with van der Waals surface area (Å²) < 4.78 is 110. The molecule has 2 aliphatic carbocycles. The number of carbonyl (C=O) groups is 2. The lowest BCUT2D eigenvalue weighted by atomic mass is 9.75. The van der Waals surface area contributed by atoms with Crippen molar-refractivity contribution in [1.82, 2.24) is 29.7 Å². The van der Waals surface area contributed by atoms with E-state index in [-0.39, 0.29) is 71.3 Å². The Balaban J connectivity index is 0.738. The predicted octanol–water partition coefficient (Wildman–Crippen LogP) is 12.4. The number of nitrogens with zero attached hydrogens (tertiary/aromatic N) is 6. The SMILES string of the molecule is CN1Cc2c(C3CCC(C)(O)CC3)ccc(Nc3nc(Nc4ccc(CO[PH](=O)OCc5ccc(Nc6ncc(C(F)(F)F)c(Nc7ccc(C8CCC(C)(O)CC8)c8c7C(=O)N(C)C8)n6)cc5)cc4)ncc3C(F)(F)F)c2C1=O. The van der Waals surface area contributed by atoms with Gasteiger partial charge < -0.3 is 50.3 Å². The number of halogens is 6. The first-order valence-electron chi connectivity index (χ1n) is 26.1. The quantitative estimate of drug-likeness (QED) is 0.0392. The molecule has 4 heterocycles. The number of rotatable bonds is 16. The van der Waals surface area contributed by atoms with Gasteiger partial charge in [0.05, 0.1) is 46.9 Å². The molecule has 17 nitrogen and oxygen atoms in total. The minimum Gasteiger partial charge on any atom is -0.390 e. The Hall–Kier alpha value is -7.17. The summed E-state index contributed by atoms with van der Waals surface area (Å²) in [6.45, 7) is 3.98. The number of aliphatic hydroxyl groups is 2. The summed E-state index contributed by atoms with van der Waals surface area (Å²) in [7, 11) is 0.248. The molecule has 4 aliphatic rings. The first-order valence-corrected chi connectivity index (χ1v) is 27.3. The maximum absolute atomic E-state index is 14.3. The van der Waals surface area contributed by atoms with Gasteiger partial charge in [-0.15, -0.1) is 0 Å². The highest BCUT2D eigenvalue weighted by molar-refractivity contribution is 7.33. The summed E-state index contributed by atoms with van der Waals surface area (Å²) in [5.41, 5.74) is 2.49. The van der Waals surface area contributed by atoms with Gasteiger partial charge in [0.2, 0.25) is 11.9 Å². The molecule has 10 rings (SSSR count). The third-order valence-corrected chi connectivity index (χ3v) is 16.2. The van der Waals surface area contributed by atoms with E-state index in [0.29, 0.717) is 99.4 Å². The molecule has 24 heteroatoms. The van der Waals surface area contributed by atoms with Gasteiger partial charge in [0, 0.05) is 51.0 Å². The Morgan fingerprint density at radius 3 is 1.30 bits per heavy atom.